The minimum atomic E-state index is -0.389. The van der Waals surface area contributed by atoms with Gasteiger partial charge in [-0.2, -0.15) is 0 Å². The van der Waals surface area contributed by atoms with Crippen molar-refractivity contribution in [2.45, 2.75) is 51.2 Å². The van der Waals surface area contributed by atoms with Crippen molar-refractivity contribution in [2.75, 3.05) is 6.54 Å². The van der Waals surface area contributed by atoms with Crippen LogP contribution in [0.1, 0.15) is 51.2 Å². The molecule has 4 heteroatoms. The summed E-state index contributed by atoms with van der Waals surface area (Å²) in [6.45, 7) is 7.20. The number of nitrogens with one attached hydrogen (secondary N) is 1. The number of aliphatic hydroxyl groups excluding tert-OH is 1. The first-order valence-corrected chi connectivity index (χ1v) is 5.86. The molecule has 0 radical (unpaired) electrons. The second kappa shape index (κ2) is 4.18. The largest absolute Gasteiger partial charge is 0.447 e. The minimum Gasteiger partial charge on any atom is -0.447 e. The topological polar surface area (TPSA) is 58.3 Å². The van der Waals surface area contributed by atoms with Crippen molar-refractivity contribution in [3.8, 4) is 0 Å². The number of aliphatic hydroxyl groups is 1. The van der Waals surface area contributed by atoms with Gasteiger partial charge in [-0.1, -0.05) is 20.8 Å². The smallest absolute Gasteiger partial charge is 0.214 e. The van der Waals surface area contributed by atoms with Crippen LogP contribution in [0.3, 0.4) is 0 Å². The zero-order valence-corrected chi connectivity index (χ0v) is 10.2. The maximum atomic E-state index is 9.87. The Labute approximate surface area is 96.1 Å². The van der Waals surface area contributed by atoms with Crippen LogP contribution in [-0.4, -0.2) is 22.7 Å². The lowest BCUT2D eigenvalue weighted by atomic mass is 9.93. The van der Waals surface area contributed by atoms with E-state index in [1.807, 2.05) is 0 Å². The molecular formula is C12H20N2O2. The molecule has 90 valence electrons. The van der Waals surface area contributed by atoms with E-state index in [4.69, 9.17) is 4.42 Å². The van der Waals surface area contributed by atoms with Crippen molar-refractivity contribution in [2.24, 2.45) is 0 Å². The van der Waals surface area contributed by atoms with Crippen LogP contribution in [0.5, 0.6) is 0 Å². The molecule has 2 N–H and O–H groups in total. The van der Waals surface area contributed by atoms with E-state index in [-0.39, 0.29) is 17.6 Å². The summed E-state index contributed by atoms with van der Waals surface area (Å²) in [5.74, 6) is 0.608. The molecule has 0 spiro atoms. The van der Waals surface area contributed by atoms with Crippen molar-refractivity contribution in [3.05, 3.63) is 17.8 Å². The Balaban J connectivity index is 2.18. The second-order valence-corrected chi connectivity index (χ2v) is 5.46. The van der Waals surface area contributed by atoms with Gasteiger partial charge in [-0.3, -0.25) is 0 Å². The van der Waals surface area contributed by atoms with E-state index in [2.05, 4.69) is 31.1 Å². The van der Waals surface area contributed by atoms with E-state index in [1.165, 1.54) is 0 Å². The summed E-state index contributed by atoms with van der Waals surface area (Å²) in [5.41, 5.74) is 0.920. The average Bonchev–Trinajstić information content (AvgIpc) is 2.66. The first kappa shape index (κ1) is 11.6. The first-order chi connectivity index (χ1) is 7.48. The molecule has 1 aliphatic rings. The minimum absolute atomic E-state index is 0.0125. The molecule has 0 bridgehead atoms. The molecule has 1 aromatic heterocycles. The summed E-state index contributed by atoms with van der Waals surface area (Å²) in [6, 6.07) is -0.148. The Morgan fingerprint density at radius 2 is 2.25 bits per heavy atom. The number of piperidine rings is 1. The Morgan fingerprint density at radius 1 is 1.50 bits per heavy atom. The third-order valence-corrected chi connectivity index (χ3v) is 2.98. The van der Waals surface area contributed by atoms with Gasteiger partial charge in [0.15, 0.2) is 0 Å². The molecule has 16 heavy (non-hydrogen) atoms. The van der Waals surface area contributed by atoms with Crippen molar-refractivity contribution in [1.82, 2.24) is 10.3 Å². The number of rotatable bonds is 1. The highest BCUT2D eigenvalue weighted by molar-refractivity contribution is 5.11. The molecule has 0 aliphatic carbocycles. The van der Waals surface area contributed by atoms with Crippen LogP contribution >= 0.6 is 0 Å². The number of aromatic nitrogens is 1. The third-order valence-electron chi connectivity index (χ3n) is 2.98. The van der Waals surface area contributed by atoms with E-state index in [9.17, 15) is 5.11 Å². The van der Waals surface area contributed by atoms with Gasteiger partial charge in [0, 0.05) is 5.41 Å². The molecule has 4 nitrogen and oxygen atoms in total. The van der Waals surface area contributed by atoms with Gasteiger partial charge in [-0.05, 0) is 19.4 Å². The Morgan fingerprint density at radius 3 is 2.81 bits per heavy atom. The number of hydrogen-bond donors (Lipinski definition) is 2. The predicted octanol–water partition coefficient (Wildman–Crippen LogP) is 1.76. The van der Waals surface area contributed by atoms with Gasteiger partial charge in [-0.15, -0.1) is 0 Å². The van der Waals surface area contributed by atoms with Crippen LogP contribution < -0.4 is 5.32 Å². The predicted molar refractivity (Wildman–Crippen MR) is 61.2 cm³/mol. The molecule has 1 fully saturated rings. The summed E-state index contributed by atoms with van der Waals surface area (Å²) in [6.07, 6.45) is 3.12. The van der Waals surface area contributed by atoms with E-state index in [1.54, 1.807) is 6.26 Å². The van der Waals surface area contributed by atoms with E-state index < -0.39 is 0 Å². The lowest BCUT2D eigenvalue weighted by Gasteiger charge is -2.26. The summed E-state index contributed by atoms with van der Waals surface area (Å²) < 4.78 is 5.47. The van der Waals surface area contributed by atoms with Crippen molar-refractivity contribution < 1.29 is 9.52 Å². The molecule has 2 atom stereocenters. The fourth-order valence-electron chi connectivity index (χ4n) is 1.90. The van der Waals surface area contributed by atoms with Crippen LogP contribution in [0.4, 0.5) is 0 Å². The zero-order chi connectivity index (χ0) is 11.8. The lowest BCUT2D eigenvalue weighted by molar-refractivity contribution is 0.0839. The molecule has 0 saturated carbocycles. The van der Waals surface area contributed by atoms with Crippen molar-refractivity contribution in [3.63, 3.8) is 0 Å². The van der Waals surface area contributed by atoms with Gasteiger partial charge in [0.1, 0.15) is 12.3 Å². The Kier molecular flexibility index (Phi) is 3.04. The highest BCUT2D eigenvalue weighted by atomic mass is 16.3. The fourth-order valence-corrected chi connectivity index (χ4v) is 1.90. The van der Waals surface area contributed by atoms with E-state index >= 15 is 0 Å². The van der Waals surface area contributed by atoms with Crippen LogP contribution in [-0.2, 0) is 5.41 Å². The molecule has 1 aromatic rings. The van der Waals surface area contributed by atoms with Gasteiger partial charge in [0.25, 0.3) is 0 Å². The molecular weight excluding hydrogens is 204 g/mol. The molecule has 0 amide bonds. The Bertz CT molecular complexity index is 354. The van der Waals surface area contributed by atoms with Gasteiger partial charge in [0.05, 0.1) is 11.8 Å². The van der Waals surface area contributed by atoms with E-state index in [0.29, 0.717) is 5.89 Å². The quantitative estimate of drug-likeness (QED) is 0.763. The van der Waals surface area contributed by atoms with Gasteiger partial charge in [-0.25, -0.2) is 4.98 Å². The third kappa shape index (κ3) is 2.28. The second-order valence-electron chi connectivity index (χ2n) is 5.46. The molecule has 1 saturated heterocycles. The summed E-state index contributed by atoms with van der Waals surface area (Å²) >= 11 is 0. The van der Waals surface area contributed by atoms with Crippen LogP contribution in [0.25, 0.3) is 0 Å². The van der Waals surface area contributed by atoms with Gasteiger partial charge >= 0.3 is 0 Å². The number of oxazole rings is 1. The molecule has 2 heterocycles. The summed E-state index contributed by atoms with van der Waals surface area (Å²) in [5, 5.41) is 13.1. The average molecular weight is 224 g/mol. The molecule has 2 rings (SSSR count). The monoisotopic (exact) mass is 224 g/mol. The highest BCUT2D eigenvalue weighted by Gasteiger charge is 2.29. The maximum absolute atomic E-state index is 9.87. The van der Waals surface area contributed by atoms with Crippen LogP contribution in [0.15, 0.2) is 10.7 Å². The lowest BCUT2D eigenvalue weighted by Crippen LogP contribution is -2.37. The molecule has 1 aliphatic heterocycles. The summed E-state index contributed by atoms with van der Waals surface area (Å²) in [7, 11) is 0. The first-order valence-electron chi connectivity index (χ1n) is 5.86. The van der Waals surface area contributed by atoms with Crippen molar-refractivity contribution >= 4 is 0 Å². The normalized spacial score (nSPS) is 27.0. The standard InChI is InChI=1S/C12H20N2O2/c1-12(2,3)9-7-16-11(14-9)10-8(15)5-4-6-13-10/h7-8,10,13,15H,4-6H2,1-3H3. The van der Waals surface area contributed by atoms with Gasteiger partial charge < -0.3 is 14.8 Å². The zero-order valence-electron chi connectivity index (χ0n) is 10.2. The van der Waals surface area contributed by atoms with Gasteiger partial charge in [0.2, 0.25) is 5.89 Å². The van der Waals surface area contributed by atoms with Crippen molar-refractivity contribution in [1.29, 1.82) is 0 Å². The fraction of sp³-hybridized carbons (Fsp3) is 0.750. The van der Waals surface area contributed by atoms with E-state index in [0.717, 1.165) is 25.1 Å². The highest BCUT2D eigenvalue weighted by Crippen LogP contribution is 2.27. The Hall–Kier alpha value is -0.870. The SMILES string of the molecule is CC(C)(C)c1coc(C2NCCCC2O)n1. The maximum Gasteiger partial charge on any atom is 0.214 e. The molecule has 0 aromatic carbocycles. The summed E-state index contributed by atoms with van der Waals surface area (Å²) in [4.78, 5) is 4.47. The molecule has 2 unspecified atom stereocenters. The number of nitrogens with zero attached hydrogens (tertiary/aromatic N) is 1. The van der Waals surface area contributed by atoms with Crippen LogP contribution in [0.2, 0.25) is 0 Å². The number of hydrogen-bond acceptors (Lipinski definition) is 4. The van der Waals surface area contributed by atoms with Crippen LogP contribution in [0, 0.1) is 0 Å².